The molecule has 1 aliphatic carbocycles. The fourth-order valence-electron chi connectivity index (χ4n) is 3.15. The SMILES string of the molecule is CN(C)C(=O)N1CCC(c2nc3c(s2)CCCC3)CC1. The van der Waals surface area contributed by atoms with Gasteiger partial charge in [0.25, 0.3) is 0 Å². The normalized spacial score (nSPS) is 19.8. The first-order chi connectivity index (χ1) is 9.65. The monoisotopic (exact) mass is 293 g/mol. The lowest BCUT2D eigenvalue weighted by Gasteiger charge is -2.32. The van der Waals surface area contributed by atoms with E-state index in [4.69, 9.17) is 4.98 Å². The third-order valence-corrected chi connectivity index (χ3v) is 5.68. The van der Waals surface area contributed by atoms with Crippen molar-refractivity contribution in [3.8, 4) is 0 Å². The largest absolute Gasteiger partial charge is 0.331 e. The number of thiazole rings is 1. The van der Waals surface area contributed by atoms with Crippen LogP contribution in [0.4, 0.5) is 4.79 Å². The van der Waals surface area contributed by atoms with Gasteiger partial charge in [-0.3, -0.25) is 0 Å². The number of piperidine rings is 1. The summed E-state index contributed by atoms with van der Waals surface area (Å²) in [5.41, 5.74) is 1.36. The Bertz CT molecular complexity index is 466. The number of fused-ring (bicyclic) bond motifs is 1. The van der Waals surface area contributed by atoms with Crippen molar-refractivity contribution >= 4 is 17.4 Å². The van der Waals surface area contributed by atoms with Crippen molar-refractivity contribution < 1.29 is 4.79 Å². The number of rotatable bonds is 1. The van der Waals surface area contributed by atoms with Crippen molar-refractivity contribution in [2.45, 2.75) is 44.4 Å². The molecule has 3 rings (SSSR count). The summed E-state index contributed by atoms with van der Waals surface area (Å²) in [4.78, 5) is 22.0. The van der Waals surface area contributed by atoms with E-state index >= 15 is 0 Å². The van der Waals surface area contributed by atoms with Gasteiger partial charge in [-0.1, -0.05) is 0 Å². The number of hydrogen-bond acceptors (Lipinski definition) is 3. The highest BCUT2D eigenvalue weighted by Gasteiger charge is 2.27. The van der Waals surface area contributed by atoms with Crippen LogP contribution in [-0.2, 0) is 12.8 Å². The molecule has 0 bridgehead atoms. The van der Waals surface area contributed by atoms with Gasteiger partial charge in [0.2, 0.25) is 0 Å². The number of urea groups is 1. The Morgan fingerprint density at radius 2 is 1.95 bits per heavy atom. The Morgan fingerprint density at radius 3 is 2.60 bits per heavy atom. The zero-order chi connectivity index (χ0) is 14.1. The Labute approximate surface area is 124 Å². The zero-order valence-corrected chi connectivity index (χ0v) is 13.2. The lowest BCUT2D eigenvalue weighted by atomic mass is 9.97. The molecule has 0 radical (unpaired) electrons. The second-order valence-corrected chi connectivity index (χ2v) is 7.18. The Hall–Kier alpha value is -1.10. The van der Waals surface area contributed by atoms with Crippen LogP contribution in [-0.4, -0.2) is 48.0 Å². The van der Waals surface area contributed by atoms with Gasteiger partial charge in [-0.2, -0.15) is 0 Å². The number of amides is 2. The van der Waals surface area contributed by atoms with Crippen LogP contribution in [0.25, 0.3) is 0 Å². The maximum absolute atomic E-state index is 11.9. The summed E-state index contributed by atoms with van der Waals surface area (Å²) in [6.07, 6.45) is 7.14. The summed E-state index contributed by atoms with van der Waals surface area (Å²) in [5, 5.41) is 1.33. The fraction of sp³-hybridized carbons (Fsp3) is 0.733. The third-order valence-electron chi connectivity index (χ3n) is 4.36. The summed E-state index contributed by atoms with van der Waals surface area (Å²) in [6.45, 7) is 1.73. The lowest BCUT2D eigenvalue weighted by molar-refractivity contribution is 0.156. The summed E-state index contributed by atoms with van der Waals surface area (Å²) in [7, 11) is 3.65. The predicted molar refractivity (Wildman–Crippen MR) is 81.4 cm³/mol. The van der Waals surface area contributed by atoms with Gasteiger partial charge in [-0.25, -0.2) is 9.78 Å². The van der Waals surface area contributed by atoms with Gasteiger partial charge in [0.1, 0.15) is 0 Å². The Morgan fingerprint density at radius 1 is 1.25 bits per heavy atom. The number of hydrogen-bond donors (Lipinski definition) is 0. The molecule has 0 spiro atoms. The average molecular weight is 293 g/mol. The van der Waals surface area contributed by atoms with Crippen molar-refractivity contribution in [1.29, 1.82) is 0 Å². The molecule has 1 saturated heterocycles. The molecule has 1 aromatic heterocycles. The van der Waals surface area contributed by atoms with E-state index < -0.39 is 0 Å². The number of carbonyl (C=O) groups excluding carboxylic acids is 1. The minimum atomic E-state index is 0.141. The molecule has 0 unspecified atom stereocenters. The van der Waals surface area contributed by atoms with Gasteiger partial charge in [-0.15, -0.1) is 11.3 Å². The van der Waals surface area contributed by atoms with Gasteiger partial charge < -0.3 is 9.80 Å². The van der Waals surface area contributed by atoms with E-state index in [0.717, 1.165) is 25.9 Å². The second-order valence-electron chi connectivity index (χ2n) is 6.07. The number of carbonyl (C=O) groups is 1. The molecule has 0 saturated carbocycles. The number of likely N-dealkylation sites (tertiary alicyclic amines) is 1. The maximum Gasteiger partial charge on any atom is 0.319 e. The van der Waals surface area contributed by atoms with Crippen molar-refractivity contribution in [1.82, 2.24) is 14.8 Å². The minimum Gasteiger partial charge on any atom is -0.331 e. The van der Waals surface area contributed by atoms with E-state index in [-0.39, 0.29) is 6.03 Å². The first kappa shape index (κ1) is 13.9. The molecule has 1 fully saturated rings. The molecule has 1 aliphatic heterocycles. The van der Waals surface area contributed by atoms with Crippen LogP contribution in [0.15, 0.2) is 0 Å². The van der Waals surface area contributed by atoms with Crippen LogP contribution in [0.5, 0.6) is 0 Å². The van der Waals surface area contributed by atoms with Gasteiger partial charge in [0.05, 0.1) is 10.7 Å². The molecule has 2 aliphatic rings. The van der Waals surface area contributed by atoms with Crippen LogP contribution in [0, 0.1) is 0 Å². The van der Waals surface area contributed by atoms with Gasteiger partial charge in [0.15, 0.2) is 0 Å². The van der Waals surface area contributed by atoms with Crippen LogP contribution in [0.2, 0.25) is 0 Å². The molecule has 0 atom stereocenters. The molecule has 110 valence electrons. The van der Waals surface area contributed by atoms with Crippen molar-refractivity contribution in [2.24, 2.45) is 0 Å². The quantitative estimate of drug-likeness (QED) is 0.798. The Balaban J connectivity index is 1.63. The van der Waals surface area contributed by atoms with E-state index in [1.54, 1.807) is 4.90 Å². The highest BCUT2D eigenvalue weighted by molar-refractivity contribution is 7.11. The highest BCUT2D eigenvalue weighted by Crippen LogP contribution is 2.35. The lowest BCUT2D eigenvalue weighted by Crippen LogP contribution is -2.43. The van der Waals surface area contributed by atoms with Crippen LogP contribution >= 0.6 is 11.3 Å². The second kappa shape index (κ2) is 5.72. The predicted octanol–water partition coefficient (Wildman–Crippen LogP) is 2.88. The third kappa shape index (κ3) is 2.68. The van der Waals surface area contributed by atoms with Gasteiger partial charge in [-0.05, 0) is 38.5 Å². The molecule has 20 heavy (non-hydrogen) atoms. The van der Waals surface area contributed by atoms with E-state index in [1.807, 2.05) is 30.3 Å². The molecule has 4 nitrogen and oxygen atoms in total. The van der Waals surface area contributed by atoms with Crippen LogP contribution in [0.3, 0.4) is 0 Å². The average Bonchev–Trinajstić information content (AvgIpc) is 2.90. The summed E-state index contributed by atoms with van der Waals surface area (Å²) in [6, 6.07) is 0.141. The number of aromatic nitrogens is 1. The molecular weight excluding hydrogens is 270 g/mol. The standard InChI is InChI=1S/C15H23N3OS/c1-17(2)15(19)18-9-7-11(8-10-18)14-16-12-5-3-4-6-13(12)20-14/h11H,3-10H2,1-2H3. The maximum atomic E-state index is 11.9. The van der Waals surface area contributed by atoms with Gasteiger partial charge in [0, 0.05) is 38.0 Å². The fourth-order valence-corrected chi connectivity index (χ4v) is 4.47. The summed E-state index contributed by atoms with van der Waals surface area (Å²) >= 11 is 1.93. The smallest absolute Gasteiger partial charge is 0.319 e. The molecule has 5 heteroatoms. The summed E-state index contributed by atoms with van der Waals surface area (Å²) < 4.78 is 0. The van der Waals surface area contributed by atoms with Crippen molar-refractivity contribution in [3.05, 3.63) is 15.6 Å². The topological polar surface area (TPSA) is 36.4 Å². The molecule has 2 amide bonds. The molecular formula is C15H23N3OS. The van der Waals surface area contributed by atoms with Gasteiger partial charge >= 0.3 is 6.03 Å². The first-order valence-electron chi connectivity index (χ1n) is 7.60. The molecule has 2 heterocycles. The highest BCUT2D eigenvalue weighted by atomic mass is 32.1. The Kier molecular flexibility index (Phi) is 3.96. The van der Waals surface area contributed by atoms with Crippen molar-refractivity contribution in [2.75, 3.05) is 27.2 Å². The molecule has 0 aromatic carbocycles. The zero-order valence-electron chi connectivity index (χ0n) is 12.4. The van der Waals surface area contributed by atoms with Crippen molar-refractivity contribution in [3.63, 3.8) is 0 Å². The summed E-state index contributed by atoms with van der Waals surface area (Å²) in [5.74, 6) is 0.566. The van der Waals surface area contributed by atoms with Crippen LogP contribution < -0.4 is 0 Å². The van der Waals surface area contributed by atoms with E-state index in [1.165, 1.54) is 41.3 Å². The van der Waals surface area contributed by atoms with E-state index in [9.17, 15) is 4.79 Å². The molecule has 1 aromatic rings. The number of nitrogens with zero attached hydrogens (tertiary/aromatic N) is 3. The number of aryl methyl sites for hydroxylation is 2. The first-order valence-corrected chi connectivity index (χ1v) is 8.41. The van der Waals surface area contributed by atoms with E-state index in [0.29, 0.717) is 5.92 Å². The van der Waals surface area contributed by atoms with E-state index in [2.05, 4.69) is 0 Å². The van der Waals surface area contributed by atoms with Crippen LogP contribution in [0.1, 0.15) is 47.2 Å². The molecule has 0 N–H and O–H groups in total. The minimum absolute atomic E-state index is 0.141.